The van der Waals surface area contributed by atoms with Crippen molar-refractivity contribution in [2.45, 2.75) is 75.6 Å². The molecular weight excluding hydrogens is 386 g/mol. The quantitative estimate of drug-likeness (QED) is 0.641. The van der Waals surface area contributed by atoms with Crippen molar-refractivity contribution < 1.29 is 28.8 Å². The van der Waals surface area contributed by atoms with Gasteiger partial charge in [-0.25, -0.2) is 4.79 Å². The van der Waals surface area contributed by atoms with E-state index >= 15 is 0 Å². The molecule has 2 unspecified atom stereocenters. The predicted octanol–water partition coefficient (Wildman–Crippen LogP) is -0.355. The number of nitrogens with one attached hydrogen (secondary N) is 1. The summed E-state index contributed by atoms with van der Waals surface area (Å²) in [6, 6.07) is 0. The second-order valence-electron chi connectivity index (χ2n) is 7.47. The molecule has 3 aliphatic rings. The minimum atomic E-state index is -1.20. The van der Waals surface area contributed by atoms with Crippen molar-refractivity contribution in [3.8, 4) is 0 Å². The second-order valence-corrected chi connectivity index (χ2v) is 7.47. The Morgan fingerprint density at radius 3 is 2.52 bits per heavy atom. The van der Waals surface area contributed by atoms with E-state index < -0.39 is 42.1 Å². The maximum absolute atomic E-state index is 12.1. The summed E-state index contributed by atoms with van der Waals surface area (Å²) >= 11 is 0. The summed E-state index contributed by atoms with van der Waals surface area (Å²) < 4.78 is 29.8. The lowest BCUT2D eigenvalue weighted by Crippen LogP contribution is -2.43. The first kappa shape index (κ1) is 20.6. The molecule has 0 saturated carbocycles. The van der Waals surface area contributed by atoms with Crippen molar-refractivity contribution in [2.75, 3.05) is 19.8 Å². The van der Waals surface area contributed by atoms with Crippen LogP contribution in [0, 0.1) is 0 Å². The van der Waals surface area contributed by atoms with Gasteiger partial charge in [-0.3, -0.25) is 9.78 Å². The average Bonchev–Trinajstić information content (AvgIpc) is 3.03. The van der Waals surface area contributed by atoms with Gasteiger partial charge in [0.25, 0.3) is 5.56 Å². The van der Waals surface area contributed by atoms with Gasteiger partial charge < -0.3 is 28.8 Å². The van der Waals surface area contributed by atoms with E-state index in [9.17, 15) is 14.7 Å². The Morgan fingerprint density at radius 2 is 1.86 bits per heavy atom. The van der Waals surface area contributed by atoms with Gasteiger partial charge in [0, 0.05) is 13.2 Å². The number of ether oxygens (including phenoxy) is 5. The molecule has 0 aliphatic carbocycles. The van der Waals surface area contributed by atoms with Gasteiger partial charge in [-0.05, 0) is 38.5 Å². The summed E-state index contributed by atoms with van der Waals surface area (Å²) in [6.45, 7) is 1.36. The molecule has 1 aromatic heterocycles. The van der Waals surface area contributed by atoms with Crippen molar-refractivity contribution in [1.29, 1.82) is 0 Å². The molecule has 3 fully saturated rings. The molecule has 29 heavy (non-hydrogen) atoms. The standard InChI is InChI=1S/C18H27N3O8/c22-12-9-19-21(18(24)20-12)17-15(23)16(29-14-6-2-4-8-26-14)11(28-17)10-27-13-5-1-3-7-25-13/h9,11,13-17,23H,1-8,10H2,(H,20,22,24)/t11-,13?,14?,15+,16-,17-/m1/s1. The van der Waals surface area contributed by atoms with Gasteiger partial charge in [-0.2, -0.15) is 9.78 Å². The monoisotopic (exact) mass is 413 g/mol. The lowest BCUT2D eigenvalue weighted by Gasteiger charge is -2.30. The molecule has 162 valence electrons. The third-order valence-corrected chi connectivity index (χ3v) is 5.32. The van der Waals surface area contributed by atoms with Crippen LogP contribution in [0.25, 0.3) is 0 Å². The van der Waals surface area contributed by atoms with Gasteiger partial charge in [0.05, 0.1) is 6.61 Å². The summed E-state index contributed by atoms with van der Waals surface area (Å²) in [4.78, 5) is 25.5. The smallest absolute Gasteiger partial charge is 0.347 e. The maximum atomic E-state index is 12.1. The predicted molar refractivity (Wildman–Crippen MR) is 97.0 cm³/mol. The molecule has 0 amide bonds. The third kappa shape index (κ3) is 4.93. The lowest BCUT2D eigenvalue weighted by atomic mass is 10.1. The molecule has 4 heterocycles. The molecule has 0 bridgehead atoms. The normalized spacial score (nSPS) is 35.6. The molecule has 3 aliphatic heterocycles. The first-order valence-electron chi connectivity index (χ1n) is 10.1. The van der Waals surface area contributed by atoms with Crippen LogP contribution in [-0.4, -0.2) is 70.6 Å². The Labute approximate surface area is 166 Å². The Kier molecular flexibility index (Phi) is 6.73. The maximum Gasteiger partial charge on any atom is 0.347 e. The zero-order valence-electron chi connectivity index (χ0n) is 16.1. The summed E-state index contributed by atoms with van der Waals surface area (Å²) in [5.41, 5.74) is -1.40. The van der Waals surface area contributed by atoms with Crippen LogP contribution >= 0.6 is 0 Å². The Balaban J connectivity index is 1.49. The van der Waals surface area contributed by atoms with Gasteiger partial charge in [0.2, 0.25) is 0 Å². The molecule has 0 radical (unpaired) electrons. The largest absolute Gasteiger partial charge is 0.385 e. The molecule has 2 N–H and O–H groups in total. The molecule has 3 saturated heterocycles. The van der Waals surface area contributed by atoms with Gasteiger partial charge in [0.15, 0.2) is 18.8 Å². The Morgan fingerprint density at radius 1 is 1.14 bits per heavy atom. The topological polar surface area (TPSA) is 134 Å². The van der Waals surface area contributed by atoms with E-state index in [0.29, 0.717) is 19.6 Å². The minimum Gasteiger partial charge on any atom is -0.385 e. The van der Waals surface area contributed by atoms with E-state index in [2.05, 4.69) is 10.1 Å². The van der Waals surface area contributed by atoms with Crippen molar-refractivity contribution >= 4 is 0 Å². The van der Waals surface area contributed by atoms with Gasteiger partial charge in [0.1, 0.15) is 24.5 Å². The SMILES string of the molecule is O=c1cnn([C@@H]2O[C@H](COC3CCCCO3)[C@@H](OC3CCCCO3)[C@@H]2O)c(=O)[nH]1. The molecule has 0 spiro atoms. The average molecular weight is 413 g/mol. The van der Waals surface area contributed by atoms with E-state index in [1.54, 1.807) is 0 Å². The summed E-state index contributed by atoms with van der Waals surface area (Å²) in [6.07, 6.45) is 1.87. The van der Waals surface area contributed by atoms with Crippen LogP contribution in [-0.2, 0) is 23.7 Å². The number of aliphatic hydroxyl groups excluding tert-OH is 1. The van der Waals surface area contributed by atoms with Crippen molar-refractivity contribution in [3.63, 3.8) is 0 Å². The number of aliphatic hydroxyl groups is 1. The fourth-order valence-electron chi connectivity index (χ4n) is 3.81. The number of hydrogen-bond acceptors (Lipinski definition) is 9. The van der Waals surface area contributed by atoms with Crippen molar-refractivity contribution in [1.82, 2.24) is 14.8 Å². The van der Waals surface area contributed by atoms with E-state index in [-0.39, 0.29) is 12.9 Å². The van der Waals surface area contributed by atoms with Crippen LogP contribution in [0.4, 0.5) is 0 Å². The van der Waals surface area contributed by atoms with Crippen LogP contribution in [0.5, 0.6) is 0 Å². The number of nitrogens with zero attached hydrogens (tertiary/aromatic N) is 2. The molecule has 1 aromatic rings. The third-order valence-electron chi connectivity index (χ3n) is 5.32. The molecule has 11 nitrogen and oxygen atoms in total. The number of aromatic nitrogens is 3. The highest BCUT2D eigenvalue weighted by molar-refractivity contribution is 4.91. The molecule has 4 rings (SSSR count). The van der Waals surface area contributed by atoms with Crippen LogP contribution in [0.15, 0.2) is 15.8 Å². The van der Waals surface area contributed by atoms with Crippen molar-refractivity contribution in [3.05, 3.63) is 27.0 Å². The van der Waals surface area contributed by atoms with Gasteiger partial charge >= 0.3 is 5.69 Å². The number of rotatable bonds is 6. The van der Waals surface area contributed by atoms with Crippen LogP contribution in [0.1, 0.15) is 44.8 Å². The number of hydrogen-bond donors (Lipinski definition) is 2. The molecule has 0 aromatic carbocycles. The lowest BCUT2D eigenvalue weighted by molar-refractivity contribution is -0.223. The second kappa shape index (κ2) is 9.45. The zero-order chi connectivity index (χ0) is 20.2. The summed E-state index contributed by atoms with van der Waals surface area (Å²) in [7, 11) is 0. The first-order chi connectivity index (χ1) is 14.1. The highest BCUT2D eigenvalue weighted by Gasteiger charge is 2.48. The number of H-pyrrole nitrogens is 1. The number of aromatic amines is 1. The van der Waals surface area contributed by atoms with Crippen LogP contribution in [0.3, 0.4) is 0 Å². The Hall–Kier alpha value is -1.63. The fourth-order valence-corrected chi connectivity index (χ4v) is 3.81. The van der Waals surface area contributed by atoms with Crippen LogP contribution < -0.4 is 11.2 Å². The van der Waals surface area contributed by atoms with E-state index in [4.69, 9.17) is 23.7 Å². The van der Waals surface area contributed by atoms with Gasteiger partial charge in [-0.1, -0.05) is 0 Å². The molecule has 11 heteroatoms. The zero-order valence-corrected chi connectivity index (χ0v) is 16.1. The Bertz CT molecular complexity index is 771. The van der Waals surface area contributed by atoms with E-state index in [0.717, 1.165) is 43.0 Å². The highest BCUT2D eigenvalue weighted by Crippen LogP contribution is 2.33. The van der Waals surface area contributed by atoms with Crippen LogP contribution in [0.2, 0.25) is 0 Å². The van der Waals surface area contributed by atoms with E-state index in [1.165, 1.54) is 0 Å². The summed E-state index contributed by atoms with van der Waals surface area (Å²) in [5.74, 6) is 0. The van der Waals surface area contributed by atoms with Gasteiger partial charge in [-0.15, -0.1) is 0 Å². The summed E-state index contributed by atoms with van der Waals surface area (Å²) in [5, 5.41) is 14.6. The molecular formula is C18H27N3O8. The highest BCUT2D eigenvalue weighted by atomic mass is 16.7. The minimum absolute atomic E-state index is 0.119. The fraction of sp³-hybridized carbons (Fsp3) is 0.833. The molecule has 6 atom stereocenters. The van der Waals surface area contributed by atoms with E-state index in [1.807, 2.05) is 0 Å². The first-order valence-corrected chi connectivity index (χ1v) is 10.1. The van der Waals surface area contributed by atoms with Crippen molar-refractivity contribution in [2.24, 2.45) is 0 Å².